The third-order valence-corrected chi connectivity index (χ3v) is 5.00. The van der Waals surface area contributed by atoms with Crippen LogP contribution in [0.5, 0.6) is 0 Å². The van der Waals surface area contributed by atoms with E-state index in [9.17, 15) is 0 Å². The second-order valence-corrected chi connectivity index (χ2v) is 7.16. The molecule has 1 aromatic carbocycles. The zero-order valence-electron chi connectivity index (χ0n) is 13.5. The fourth-order valence-corrected chi connectivity index (χ4v) is 3.25. The molecule has 1 saturated heterocycles. The summed E-state index contributed by atoms with van der Waals surface area (Å²) in [7, 11) is 2.22. The van der Waals surface area contributed by atoms with Gasteiger partial charge in [0.25, 0.3) is 0 Å². The summed E-state index contributed by atoms with van der Waals surface area (Å²) in [6.45, 7) is 9.46. The molecule has 0 amide bonds. The summed E-state index contributed by atoms with van der Waals surface area (Å²) in [5, 5.41) is 3.76. The van der Waals surface area contributed by atoms with Crippen LogP contribution in [0.2, 0.25) is 0 Å². The molecule has 1 heterocycles. The van der Waals surface area contributed by atoms with E-state index in [-0.39, 0.29) is 5.41 Å². The largest absolute Gasteiger partial charge is 0.313 e. The third-order valence-electron chi connectivity index (χ3n) is 5.00. The van der Waals surface area contributed by atoms with Crippen LogP contribution in [0, 0.1) is 0 Å². The van der Waals surface area contributed by atoms with E-state index in [2.05, 4.69) is 59.4 Å². The van der Waals surface area contributed by atoms with Gasteiger partial charge < -0.3 is 10.2 Å². The molecule has 1 aliphatic carbocycles. The van der Waals surface area contributed by atoms with Crippen LogP contribution in [-0.4, -0.2) is 62.2 Å². The maximum absolute atomic E-state index is 3.76. The first-order valence-corrected chi connectivity index (χ1v) is 8.35. The summed E-state index contributed by atoms with van der Waals surface area (Å²) in [6, 6.07) is 11.8. The first-order valence-electron chi connectivity index (χ1n) is 8.35. The van der Waals surface area contributed by atoms with Crippen molar-refractivity contribution in [3.8, 4) is 0 Å². The van der Waals surface area contributed by atoms with E-state index >= 15 is 0 Å². The Morgan fingerprint density at radius 3 is 2.38 bits per heavy atom. The quantitative estimate of drug-likeness (QED) is 0.863. The number of hydrogen-bond donors (Lipinski definition) is 1. The van der Waals surface area contributed by atoms with Crippen LogP contribution in [-0.2, 0) is 5.41 Å². The lowest BCUT2D eigenvalue weighted by Gasteiger charge is -2.40. The number of hydrogen-bond acceptors (Lipinski definition) is 3. The minimum atomic E-state index is 0.208. The van der Waals surface area contributed by atoms with E-state index < -0.39 is 0 Å². The van der Waals surface area contributed by atoms with Crippen LogP contribution in [0.15, 0.2) is 30.3 Å². The highest BCUT2D eigenvalue weighted by Gasteiger charge is 2.32. The summed E-state index contributed by atoms with van der Waals surface area (Å²) in [5.41, 5.74) is 1.68. The molecule has 1 aromatic rings. The number of nitrogens with zero attached hydrogens (tertiary/aromatic N) is 2. The third kappa shape index (κ3) is 4.06. The van der Waals surface area contributed by atoms with Crippen molar-refractivity contribution in [2.24, 2.45) is 0 Å². The molecule has 2 aliphatic rings. The number of nitrogens with one attached hydrogen (secondary N) is 1. The minimum Gasteiger partial charge on any atom is -0.313 e. The van der Waals surface area contributed by atoms with Crippen molar-refractivity contribution in [2.75, 3.05) is 46.3 Å². The van der Waals surface area contributed by atoms with E-state index in [0.717, 1.165) is 19.1 Å². The van der Waals surface area contributed by atoms with Crippen LogP contribution in [0.1, 0.15) is 25.3 Å². The fraction of sp³-hybridized carbons (Fsp3) is 0.667. The monoisotopic (exact) mass is 287 g/mol. The van der Waals surface area contributed by atoms with Gasteiger partial charge in [0.05, 0.1) is 0 Å². The van der Waals surface area contributed by atoms with E-state index in [1.807, 2.05) is 0 Å². The van der Waals surface area contributed by atoms with Gasteiger partial charge in [-0.25, -0.2) is 0 Å². The number of likely N-dealkylation sites (N-methyl/N-ethyl adjacent to an activating group) is 1. The smallest absolute Gasteiger partial charge is 0.0177 e. The average molecular weight is 287 g/mol. The lowest BCUT2D eigenvalue weighted by Crippen LogP contribution is -2.51. The summed E-state index contributed by atoms with van der Waals surface area (Å²) in [5.74, 6) is 0. The minimum absolute atomic E-state index is 0.208. The van der Waals surface area contributed by atoms with Gasteiger partial charge >= 0.3 is 0 Å². The Morgan fingerprint density at radius 2 is 1.76 bits per heavy atom. The Balaban J connectivity index is 1.68. The van der Waals surface area contributed by atoms with Crippen molar-refractivity contribution in [3.63, 3.8) is 0 Å². The Labute approximate surface area is 129 Å². The molecule has 0 spiro atoms. The second-order valence-electron chi connectivity index (χ2n) is 7.16. The van der Waals surface area contributed by atoms with Crippen LogP contribution in [0.4, 0.5) is 0 Å². The van der Waals surface area contributed by atoms with Gasteiger partial charge in [0.1, 0.15) is 0 Å². The molecule has 3 heteroatoms. The van der Waals surface area contributed by atoms with Gasteiger partial charge in [-0.2, -0.15) is 0 Å². The van der Waals surface area contributed by atoms with E-state index in [0.29, 0.717) is 0 Å². The summed E-state index contributed by atoms with van der Waals surface area (Å²) < 4.78 is 0. The number of rotatable bonds is 6. The topological polar surface area (TPSA) is 18.5 Å². The predicted molar refractivity (Wildman–Crippen MR) is 88.8 cm³/mol. The maximum Gasteiger partial charge on any atom is 0.0177 e. The molecular formula is C18H29N3. The van der Waals surface area contributed by atoms with Crippen LogP contribution in [0.3, 0.4) is 0 Å². The molecule has 21 heavy (non-hydrogen) atoms. The highest BCUT2D eigenvalue weighted by atomic mass is 15.2. The molecular weight excluding hydrogens is 258 g/mol. The van der Waals surface area contributed by atoms with Crippen molar-refractivity contribution in [1.29, 1.82) is 0 Å². The summed E-state index contributed by atoms with van der Waals surface area (Å²) in [6.07, 6.45) is 2.72. The van der Waals surface area contributed by atoms with Gasteiger partial charge in [-0.05, 0) is 25.5 Å². The van der Waals surface area contributed by atoms with Gasteiger partial charge in [0, 0.05) is 50.7 Å². The fourth-order valence-electron chi connectivity index (χ4n) is 3.25. The molecule has 1 aliphatic heterocycles. The van der Waals surface area contributed by atoms with Crippen LogP contribution >= 0.6 is 0 Å². The second kappa shape index (κ2) is 6.47. The van der Waals surface area contributed by atoms with Crippen LogP contribution < -0.4 is 5.32 Å². The molecule has 116 valence electrons. The molecule has 0 aromatic heterocycles. The summed E-state index contributed by atoms with van der Waals surface area (Å²) >= 11 is 0. The maximum atomic E-state index is 3.76. The van der Waals surface area contributed by atoms with E-state index in [1.165, 1.54) is 44.6 Å². The van der Waals surface area contributed by atoms with Crippen molar-refractivity contribution < 1.29 is 0 Å². The zero-order valence-corrected chi connectivity index (χ0v) is 13.5. The normalized spacial score (nSPS) is 23.9. The van der Waals surface area contributed by atoms with Crippen molar-refractivity contribution in [3.05, 3.63) is 35.9 Å². The molecule has 0 radical (unpaired) electrons. The molecule has 3 nitrogen and oxygen atoms in total. The molecule has 3 rings (SSSR count). The Morgan fingerprint density at radius 1 is 1.10 bits per heavy atom. The Bertz CT molecular complexity index is 435. The Kier molecular flexibility index (Phi) is 4.63. The van der Waals surface area contributed by atoms with Crippen molar-refractivity contribution in [1.82, 2.24) is 15.1 Å². The average Bonchev–Trinajstić information content (AvgIpc) is 3.33. The molecule has 2 fully saturated rings. The predicted octanol–water partition coefficient (Wildman–Crippen LogP) is 1.94. The van der Waals surface area contributed by atoms with Crippen molar-refractivity contribution in [2.45, 2.75) is 31.2 Å². The highest BCUT2D eigenvalue weighted by molar-refractivity contribution is 5.26. The zero-order chi connectivity index (χ0) is 14.7. The van der Waals surface area contributed by atoms with E-state index in [4.69, 9.17) is 0 Å². The summed E-state index contributed by atoms with van der Waals surface area (Å²) in [4.78, 5) is 5.07. The number of benzene rings is 1. The van der Waals surface area contributed by atoms with Gasteiger partial charge in [-0.3, -0.25) is 4.90 Å². The first-order chi connectivity index (χ1) is 10.2. The number of piperazine rings is 1. The lowest BCUT2D eigenvalue weighted by atomic mass is 9.81. The standard InChI is InChI=1S/C18H29N3/c1-18(14-19-17-8-9-17,16-6-4-3-5-7-16)15-21-12-10-20(2)11-13-21/h3-7,17,19H,8-15H2,1-2H3. The lowest BCUT2D eigenvalue weighted by molar-refractivity contribution is 0.128. The van der Waals surface area contributed by atoms with Gasteiger partial charge in [0.15, 0.2) is 0 Å². The SMILES string of the molecule is CN1CCN(CC(C)(CNC2CC2)c2ccccc2)CC1. The van der Waals surface area contributed by atoms with Gasteiger partial charge in [-0.15, -0.1) is 0 Å². The highest BCUT2D eigenvalue weighted by Crippen LogP contribution is 2.27. The molecule has 1 atom stereocenters. The molecule has 1 unspecified atom stereocenters. The molecule has 0 bridgehead atoms. The van der Waals surface area contributed by atoms with Crippen molar-refractivity contribution >= 4 is 0 Å². The van der Waals surface area contributed by atoms with Gasteiger partial charge in [-0.1, -0.05) is 37.3 Å². The molecule has 1 saturated carbocycles. The molecule has 1 N–H and O–H groups in total. The van der Waals surface area contributed by atoms with E-state index in [1.54, 1.807) is 0 Å². The van der Waals surface area contributed by atoms with Gasteiger partial charge in [0.2, 0.25) is 0 Å². The Hall–Kier alpha value is -0.900. The first kappa shape index (κ1) is 15.0. The van der Waals surface area contributed by atoms with Crippen LogP contribution in [0.25, 0.3) is 0 Å².